The monoisotopic (exact) mass is 381 g/mol. The average molecular weight is 382 g/mol. The Balaban J connectivity index is 1.66. The Hall–Kier alpha value is -2.18. The zero-order chi connectivity index (χ0) is 19.8. The molecule has 2 heterocycles. The van der Waals surface area contributed by atoms with Crippen LogP contribution in [0.15, 0.2) is 24.3 Å². The second-order valence-corrected chi connectivity index (χ2v) is 8.35. The Bertz CT molecular complexity index is 869. The van der Waals surface area contributed by atoms with Gasteiger partial charge in [-0.2, -0.15) is 0 Å². The summed E-state index contributed by atoms with van der Waals surface area (Å²) in [6.45, 7) is 5.63. The van der Waals surface area contributed by atoms with Crippen molar-refractivity contribution in [2.75, 3.05) is 25.0 Å². The number of aliphatic hydroxyl groups is 1. The third-order valence-electron chi connectivity index (χ3n) is 5.96. The summed E-state index contributed by atoms with van der Waals surface area (Å²) in [5, 5.41) is 23.4. The fourth-order valence-corrected chi connectivity index (χ4v) is 3.92. The lowest BCUT2D eigenvalue weighted by Gasteiger charge is -2.35. The highest BCUT2D eigenvalue weighted by Gasteiger charge is 2.29. The van der Waals surface area contributed by atoms with Gasteiger partial charge in [0, 0.05) is 37.6 Å². The number of pyridine rings is 1. The van der Waals surface area contributed by atoms with E-state index < -0.39 is 6.23 Å². The number of aryl methyl sites for hydroxylation is 1. The van der Waals surface area contributed by atoms with Gasteiger partial charge in [-0.3, -0.25) is 5.41 Å². The maximum absolute atomic E-state index is 9.98. The van der Waals surface area contributed by atoms with Crippen molar-refractivity contribution in [3.8, 4) is 0 Å². The molecule has 1 saturated heterocycles. The molecule has 1 saturated carbocycles. The third-order valence-corrected chi connectivity index (χ3v) is 5.96. The van der Waals surface area contributed by atoms with Gasteiger partial charge in [0.25, 0.3) is 0 Å². The first-order valence-electron chi connectivity index (χ1n) is 10.3. The number of aliphatic hydroxyl groups excluding tert-OH is 1. The van der Waals surface area contributed by atoms with Crippen LogP contribution in [0.2, 0.25) is 0 Å². The van der Waals surface area contributed by atoms with Crippen LogP contribution in [0.3, 0.4) is 0 Å². The van der Waals surface area contributed by atoms with Crippen molar-refractivity contribution in [3.63, 3.8) is 0 Å². The minimum absolute atomic E-state index is 0.305. The van der Waals surface area contributed by atoms with Crippen molar-refractivity contribution in [1.29, 1.82) is 5.41 Å². The van der Waals surface area contributed by atoms with Gasteiger partial charge in [0.1, 0.15) is 17.9 Å². The van der Waals surface area contributed by atoms with Crippen LogP contribution in [0.1, 0.15) is 43.7 Å². The predicted molar refractivity (Wildman–Crippen MR) is 114 cm³/mol. The van der Waals surface area contributed by atoms with E-state index in [0.29, 0.717) is 11.9 Å². The van der Waals surface area contributed by atoms with Crippen molar-refractivity contribution >= 4 is 22.6 Å². The van der Waals surface area contributed by atoms with Gasteiger partial charge >= 0.3 is 0 Å². The van der Waals surface area contributed by atoms with Gasteiger partial charge in [0.2, 0.25) is 0 Å². The molecule has 6 nitrogen and oxygen atoms in total. The molecule has 0 spiro atoms. The lowest BCUT2D eigenvalue weighted by molar-refractivity contribution is 0.0876. The quantitative estimate of drug-likeness (QED) is 0.422. The summed E-state index contributed by atoms with van der Waals surface area (Å²) in [5.74, 6) is 1.16. The Labute approximate surface area is 167 Å². The number of hydrogen-bond donors (Lipinski definition) is 3. The maximum atomic E-state index is 9.98. The minimum atomic E-state index is -0.720. The normalized spacial score (nSPS) is 19.1. The van der Waals surface area contributed by atoms with Crippen LogP contribution >= 0.6 is 0 Å². The number of aromatic nitrogens is 1. The number of amidine groups is 1. The van der Waals surface area contributed by atoms with Crippen LogP contribution in [-0.4, -0.2) is 59.3 Å². The molecule has 4 rings (SSSR count). The highest BCUT2D eigenvalue weighted by molar-refractivity contribution is 6.04. The van der Waals surface area contributed by atoms with Gasteiger partial charge in [-0.25, -0.2) is 4.98 Å². The number of anilines is 1. The van der Waals surface area contributed by atoms with Crippen molar-refractivity contribution in [2.45, 2.75) is 57.8 Å². The molecule has 0 bridgehead atoms. The summed E-state index contributed by atoms with van der Waals surface area (Å²) in [6.07, 6.45) is 4.12. The molecule has 2 aliphatic rings. The molecule has 1 unspecified atom stereocenters. The molecular formula is C22H31N5O. The van der Waals surface area contributed by atoms with Gasteiger partial charge < -0.3 is 20.2 Å². The van der Waals surface area contributed by atoms with Crippen LogP contribution in [0.4, 0.5) is 5.82 Å². The summed E-state index contributed by atoms with van der Waals surface area (Å²) in [5.41, 5.74) is 2.92. The highest BCUT2D eigenvalue weighted by Crippen LogP contribution is 2.29. The van der Waals surface area contributed by atoms with Crippen LogP contribution in [0.25, 0.3) is 10.9 Å². The van der Waals surface area contributed by atoms with Gasteiger partial charge in [0.15, 0.2) is 0 Å². The topological polar surface area (TPSA) is 75.5 Å². The van der Waals surface area contributed by atoms with Gasteiger partial charge in [-0.05, 0) is 57.7 Å². The summed E-state index contributed by atoms with van der Waals surface area (Å²) in [6, 6.07) is 9.63. The van der Waals surface area contributed by atoms with E-state index in [2.05, 4.69) is 41.4 Å². The standard InChI is InChI=1S/C22H31N5O/c1-14-4-7-20-16(12-14)13-19(21(23)26(3)15(2)28)22(25-20)27-10-8-18(9-11-27)24-17-5-6-17/h4,7,12-13,15,17-18,23-24,28H,5-6,8-11H2,1-3H3. The number of nitrogens with one attached hydrogen (secondary N) is 2. The smallest absolute Gasteiger partial charge is 0.140 e. The summed E-state index contributed by atoms with van der Waals surface area (Å²) in [4.78, 5) is 8.85. The van der Waals surface area contributed by atoms with Crippen LogP contribution in [0, 0.1) is 12.3 Å². The number of fused-ring (bicyclic) bond motifs is 1. The second kappa shape index (κ2) is 7.68. The average Bonchev–Trinajstić information content (AvgIpc) is 3.50. The molecule has 28 heavy (non-hydrogen) atoms. The lowest BCUT2D eigenvalue weighted by atomic mass is 10.0. The molecule has 1 aromatic carbocycles. The number of hydrogen-bond acceptors (Lipinski definition) is 5. The lowest BCUT2D eigenvalue weighted by Crippen LogP contribution is -2.44. The number of piperidine rings is 1. The highest BCUT2D eigenvalue weighted by atomic mass is 16.3. The Morgan fingerprint density at radius 1 is 1.21 bits per heavy atom. The van der Waals surface area contributed by atoms with Crippen molar-refractivity contribution in [3.05, 3.63) is 35.4 Å². The van der Waals surface area contributed by atoms with E-state index in [1.54, 1.807) is 18.9 Å². The van der Waals surface area contributed by atoms with E-state index in [-0.39, 0.29) is 0 Å². The van der Waals surface area contributed by atoms with E-state index in [4.69, 9.17) is 10.4 Å². The molecule has 6 heteroatoms. The SMILES string of the molecule is Cc1ccc2nc(N3CCC(NC4CC4)CC3)c(C(=N)N(C)C(C)O)cc2c1. The first-order chi connectivity index (χ1) is 13.4. The minimum Gasteiger partial charge on any atom is -0.374 e. The second-order valence-electron chi connectivity index (χ2n) is 8.35. The van der Waals surface area contributed by atoms with Crippen LogP contribution in [-0.2, 0) is 0 Å². The molecular weight excluding hydrogens is 350 g/mol. The van der Waals surface area contributed by atoms with Gasteiger partial charge in [-0.15, -0.1) is 0 Å². The fraction of sp³-hybridized carbons (Fsp3) is 0.545. The summed E-state index contributed by atoms with van der Waals surface area (Å²) >= 11 is 0. The first kappa shape index (κ1) is 19.2. The molecule has 1 aromatic heterocycles. The molecule has 0 radical (unpaired) electrons. The number of nitrogens with zero attached hydrogens (tertiary/aromatic N) is 3. The summed E-state index contributed by atoms with van der Waals surface area (Å²) < 4.78 is 0. The van der Waals surface area contributed by atoms with E-state index in [0.717, 1.165) is 54.3 Å². The van der Waals surface area contributed by atoms with Crippen LogP contribution < -0.4 is 10.2 Å². The van der Waals surface area contributed by atoms with Gasteiger partial charge in [-0.1, -0.05) is 11.6 Å². The van der Waals surface area contributed by atoms with Crippen LogP contribution in [0.5, 0.6) is 0 Å². The zero-order valence-corrected chi connectivity index (χ0v) is 17.1. The Morgan fingerprint density at radius 2 is 1.89 bits per heavy atom. The molecule has 150 valence electrons. The molecule has 0 amide bonds. The fourth-order valence-electron chi connectivity index (χ4n) is 3.92. The Morgan fingerprint density at radius 3 is 2.54 bits per heavy atom. The van der Waals surface area contributed by atoms with Crippen molar-refractivity contribution in [1.82, 2.24) is 15.2 Å². The van der Waals surface area contributed by atoms with E-state index in [1.165, 1.54) is 18.4 Å². The molecule has 1 aliphatic carbocycles. The van der Waals surface area contributed by atoms with Crippen molar-refractivity contribution < 1.29 is 5.11 Å². The van der Waals surface area contributed by atoms with E-state index >= 15 is 0 Å². The van der Waals surface area contributed by atoms with Gasteiger partial charge in [0.05, 0.1) is 11.1 Å². The molecule has 1 atom stereocenters. The molecule has 1 aliphatic heterocycles. The number of benzene rings is 1. The summed E-state index contributed by atoms with van der Waals surface area (Å²) in [7, 11) is 1.75. The first-order valence-corrected chi connectivity index (χ1v) is 10.3. The maximum Gasteiger partial charge on any atom is 0.140 e. The third kappa shape index (κ3) is 3.98. The van der Waals surface area contributed by atoms with E-state index in [9.17, 15) is 5.11 Å². The molecule has 3 N–H and O–H groups in total. The van der Waals surface area contributed by atoms with E-state index in [1.807, 2.05) is 0 Å². The Kier molecular flexibility index (Phi) is 5.25. The largest absolute Gasteiger partial charge is 0.374 e. The molecule has 2 aromatic rings. The predicted octanol–water partition coefficient (Wildman–Crippen LogP) is 2.86. The van der Waals surface area contributed by atoms with Crippen molar-refractivity contribution in [2.24, 2.45) is 0 Å². The number of rotatable bonds is 5. The zero-order valence-electron chi connectivity index (χ0n) is 17.1. The molecule has 2 fully saturated rings.